The maximum absolute atomic E-state index is 12.4. The summed E-state index contributed by atoms with van der Waals surface area (Å²) in [6, 6.07) is 0. The molecule has 0 amide bonds. The number of Topliss-reactive ketones (excluding diaryl/α,β-unsaturated/α-hetero) is 1. The van der Waals surface area contributed by atoms with E-state index in [9.17, 15) is 9.90 Å². The van der Waals surface area contributed by atoms with Crippen LogP contribution in [0.4, 0.5) is 0 Å². The predicted molar refractivity (Wildman–Crippen MR) is 80.1 cm³/mol. The lowest BCUT2D eigenvalue weighted by Crippen LogP contribution is -2.50. The Labute approximate surface area is 122 Å². The summed E-state index contributed by atoms with van der Waals surface area (Å²) in [4.78, 5) is 12.4. The van der Waals surface area contributed by atoms with Gasteiger partial charge in [-0.2, -0.15) is 0 Å². The highest BCUT2D eigenvalue weighted by Gasteiger charge is 2.50. The van der Waals surface area contributed by atoms with Crippen LogP contribution >= 0.6 is 0 Å². The lowest BCUT2D eigenvalue weighted by molar-refractivity contribution is -0.137. The predicted octanol–water partition coefficient (Wildman–Crippen LogP) is 3.59. The van der Waals surface area contributed by atoms with Crippen LogP contribution in [0.5, 0.6) is 0 Å². The van der Waals surface area contributed by atoms with Gasteiger partial charge in [0.2, 0.25) is 0 Å². The summed E-state index contributed by atoms with van der Waals surface area (Å²) in [5.41, 5.74) is 0. The minimum Gasteiger partial charge on any atom is -0.393 e. The van der Waals surface area contributed by atoms with Crippen molar-refractivity contribution in [1.82, 2.24) is 0 Å². The fourth-order valence-electron chi connectivity index (χ4n) is 5.65. The van der Waals surface area contributed by atoms with Crippen LogP contribution < -0.4 is 0 Å². The first-order chi connectivity index (χ1) is 9.61. The standard InChI is InChI=1S/C18H28O2/c1-3-4-15-17(20)8-5-12-9-11(2)14-7-6-13(19)10-16(14)18(12)15/h3,11-16,18-19H,1,4-10H2,2H3. The van der Waals surface area contributed by atoms with E-state index < -0.39 is 0 Å². The Kier molecular flexibility index (Phi) is 4.03. The number of carbonyl (C=O) groups is 1. The van der Waals surface area contributed by atoms with Gasteiger partial charge in [-0.05, 0) is 68.1 Å². The number of hydrogen-bond acceptors (Lipinski definition) is 2. The second-order valence-corrected chi connectivity index (χ2v) is 7.48. The summed E-state index contributed by atoms with van der Waals surface area (Å²) in [5, 5.41) is 10.1. The normalized spacial score (nSPS) is 48.3. The van der Waals surface area contributed by atoms with E-state index in [1.54, 1.807) is 0 Å². The molecule has 0 aromatic heterocycles. The number of fused-ring (bicyclic) bond motifs is 3. The van der Waals surface area contributed by atoms with Gasteiger partial charge in [0.05, 0.1) is 6.10 Å². The second kappa shape index (κ2) is 5.63. The molecule has 0 spiro atoms. The molecule has 3 fully saturated rings. The van der Waals surface area contributed by atoms with E-state index in [0.29, 0.717) is 23.5 Å². The number of hydrogen-bond donors (Lipinski definition) is 1. The van der Waals surface area contributed by atoms with Crippen molar-refractivity contribution in [2.24, 2.45) is 35.5 Å². The number of rotatable bonds is 2. The van der Waals surface area contributed by atoms with Crippen LogP contribution in [0.1, 0.15) is 51.9 Å². The molecule has 3 aliphatic rings. The van der Waals surface area contributed by atoms with E-state index >= 15 is 0 Å². The minimum atomic E-state index is -0.136. The van der Waals surface area contributed by atoms with Crippen molar-refractivity contribution in [2.75, 3.05) is 0 Å². The molecule has 3 aliphatic carbocycles. The molecule has 0 aromatic rings. The second-order valence-electron chi connectivity index (χ2n) is 7.48. The molecule has 0 saturated heterocycles. The van der Waals surface area contributed by atoms with Crippen LogP contribution in [0.25, 0.3) is 0 Å². The van der Waals surface area contributed by atoms with Crippen LogP contribution in [0.3, 0.4) is 0 Å². The molecular weight excluding hydrogens is 248 g/mol. The summed E-state index contributed by atoms with van der Waals surface area (Å²) in [5.74, 6) is 3.95. The molecule has 0 aromatic carbocycles. The Balaban J connectivity index is 1.89. The van der Waals surface area contributed by atoms with Gasteiger partial charge in [0, 0.05) is 12.3 Å². The van der Waals surface area contributed by atoms with Crippen LogP contribution in [-0.4, -0.2) is 17.0 Å². The van der Waals surface area contributed by atoms with E-state index in [0.717, 1.165) is 50.4 Å². The van der Waals surface area contributed by atoms with Crippen molar-refractivity contribution >= 4 is 5.78 Å². The molecule has 2 heteroatoms. The quantitative estimate of drug-likeness (QED) is 0.783. The third kappa shape index (κ3) is 2.36. The minimum absolute atomic E-state index is 0.136. The molecule has 7 unspecified atom stereocenters. The van der Waals surface area contributed by atoms with Crippen molar-refractivity contribution in [2.45, 2.75) is 58.0 Å². The zero-order valence-electron chi connectivity index (χ0n) is 12.6. The molecule has 112 valence electrons. The Morgan fingerprint density at radius 3 is 2.80 bits per heavy atom. The van der Waals surface area contributed by atoms with Gasteiger partial charge < -0.3 is 5.11 Å². The van der Waals surface area contributed by atoms with Crippen LogP contribution in [0.2, 0.25) is 0 Å². The third-order valence-corrected chi connectivity index (χ3v) is 6.43. The lowest BCUT2D eigenvalue weighted by Gasteiger charge is -2.53. The average molecular weight is 276 g/mol. The fraction of sp³-hybridized carbons (Fsp3) is 0.833. The molecule has 0 aliphatic heterocycles. The Bertz CT molecular complexity index is 389. The SMILES string of the molecule is C=CCC1C(=O)CCC2CC(C)C3CCC(O)CC3C21. The number of aliphatic hydroxyl groups is 1. The van der Waals surface area contributed by atoms with Gasteiger partial charge in [0.1, 0.15) is 5.78 Å². The molecule has 0 heterocycles. The number of ketones is 1. The van der Waals surface area contributed by atoms with E-state index in [4.69, 9.17) is 0 Å². The van der Waals surface area contributed by atoms with Gasteiger partial charge in [-0.3, -0.25) is 4.79 Å². The molecule has 0 radical (unpaired) electrons. The van der Waals surface area contributed by atoms with E-state index in [1.165, 1.54) is 6.42 Å². The first-order valence-electron chi connectivity index (χ1n) is 8.43. The highest BCUT2D eigenvalue weighted by Crippen LogP contribution is 2.55. The van der Waals surface area contributed by atoms with Gasteiger partial charge in [-0.1, -0.05) is 13.0 Å². The molecule has 1 N–H and O–H groups in total. The smallest absolute Gasteiger partial charge is 0.136 e. The van der Waals surface area contributed by atoms with Crippen molar-refractivity contribution < 1.29 is 9.90 Å². The molecular formula is C18H28O2. The number of carbonyl (C=O) groups excluding carboxylic acids is 1. The maximum atomic E-state index is 12.4. The average Bonchev–Trinajstić information content (AvgIpc) is 2.42. The highest BCUT2D eigenvalue weighted by atomic mass is 16.3. The van der Waals surface area contributed by atoms with Crippen LogP contribution in [-0.2, 0) is 4.79 Å². The molecule has 3 rings (SSSR count). The third-order valence-electron chi connectivity index (χ3n) is 6.43. The summed E-state index contributed by atoms with van der Waals surface area (Å²) < 4.78 is 0. The summed E-state index contributed by atoms with van der Waals surface area (Å²) >= 11 is 0. The zero-order chi connectivity index (χ0) is 14.3. The maximum Gasteiger partial charge on any atom is 0.136 e. The van der Waals surface area contributed by atoms with Gasteiger partial charge in [-0.25, -0.2) is 0 Å². The number of aliphatic hydroxyl groups excluding tert-OH is 1. The van der Waals surface area contributed by atoms with Crippen LogP contribution in [0.15, 0.2) is 12.7 Å². The highest BCUT2D eigenvalue weighted by molar-refractivity contribution is 5.82. The van der Waals surface area contributed by atoms with Crippen LogP contribution in [0, 0.1) is 35.5 Å². The first kappa shape index (κ1) is 14.3. The Morgan fingerprint density at radius 1 is 1.25 bits per heavy atom. The topological polar surface area (TPSA) is 37.3 Å². The van der Waals surface area contributed by atoms with Gasteiger partial charge in [0.25, 0.3) is 0 Å². The molecule has 7 atom stereocenters. The molecule has 3 saturated carbocycles. The Hall–Kier alpha value is -0.630. The molecule has 2 nitrogen and oxygen atoms in total. The van der Waals surface area contributed by atoms with Crippen molar-refractivity contribution in [3.8, 4) is 0 Å². The summed E-state index contributed by atoms with van der Waals surface area (Å²) in [7, 11) is 0. The Morgan fingerprint density at radius 2 is 2.05 bits per heavy atom. The summed E-state index contributed by atoms with van der Waals surface area (Å²) in [6.45, 7) is 6.25. The number of allylic oxidation sites excluding steroid dienone is 1. The van der Waals surface area contributed by atoms with E-state index in [2.05, 4.69) is 13.5 Å². The largest absolute Gasteiger partial charge is 0.393 e. The van der Waals surface area contributed by atoms with Gasteiger partial charge in [0.15, 0.2) is 0 Å². The van der Waals surface area contributed by atoms with Gasteiger partial charge in [-0.15, -0.1) is 6.58 Å². The first-order valence-corrected chi connectivity index (χ1v) is 8.43. The fourth-order valence-corrected chi connectivity index (χ4v) is 5.65. The molecule has 0 bridgehead atoms. The van der Waals surface area contributed by atoms with Crippen molar-refractivity contribution in [3.63, 3.8) is 0 Å². The van der Waals surface area contributed by atoms with Gasteiger partial charge >= 0.3 is 0 Å². The van der Waals surface area contributed by atoms with E-state index in [1.807, 2.05) is 6.08 Å². The lowest BCUT2D eigenvalue weighted by atomic mass is 9.51. The monoisotopic (exact) mass is 276 g/mol. The van der Waals surface area contributed by atoms with Crippen molar-refractivity contribution in [1.29, 1.82) is 0 Å². The summed E-state index contributed by atoms with van der Waals surface area (Å²) in [6.07, 6.45) is 8.83. The zero-order valence-corrected chi connectivity index (χ0v) is 12.6. The molecule has 20 heavy (non-hydrogen) atoms. The van der Waals surface area contributed by atoms with E-state index in [-0.39, 0.29) is 12.0 Å². The van der Waals surface area contributed by atoms with Crippen molar-refractivity contribution in [3.05, 3.63) is 12.7 Å².